The first-order valence-electron chi connectivity index (χ1n) is 5.79. The van der Waals surface area contributed by atoms with Gasteiger partial charge in [-0.05, 0) is 31.5 Å². The Balaban J connectivity index is 2.93. The van der Waals surface area contributed by atoms with Crippen molar-refractivity contribution >= 4 is 25.6 Å². The number of methoxy groups -OCH3 is 1. The van der Waals surface area contributed by atoms with Gasteiger partial charge < -0.3 is 10.1 Å². The van der Waals surface area contributed by atoms with Crippen molar-refractivity contribution in [2.24, 2.45) is 0 Å². The molecule has 8 heteroatoms. The third-order valence-electron chi connectivity index (χ3n) is 2.60. The van der Waals surface area contributed by atoms with Crippen LogP contribution in [0, 0.1) is 5.82 Å². The predicted octanol–water partition coefficient (Wildman–Crippen LogP) is 1.91. The molecule has 1 amide bonds. The number of rotatable bonds is 6. The average Bonchev–Trinajstić information content (AvgIpc) is 2.35. The van der Waals surface area contributed by atoms with Crippen LogP contribution in [0.2, 0.25) is 0 Å². The minimum Gasteiger partial charge on any atom is -0.385 e. The minimum atomic E-state index is -4.01. The fourth-order valence-corrected chi connectivity index (χ4v) is 2.28. The Kier molecular flexibility index (Phi) is 5.91. The summed E-state index contributed by atoms with van der Waals surface area (Å²) < 4.78 is 40.8. The second-order valence-corrected chi connectivity index (χ2v) is 6.80. The minimum absolute atomic E-state index is 0.238. The summed E-state index contributed by atoms with van der Waals surface area (Å²) in [5.74, 6) is -1.52. The Labute approximate surface area is 121 Å². The van der Waals surface area contributed by atoms with Gasteiger partial charge in [-0.3, -0.25) is 4.79 Å². The highest BCUT2D eigenvalue weighted by Crippen LogP contribution is 2.18. The number of carbonyl (C=O) groups is 1. The first kappa shape index (κ1) is 16.9. The van der Waals surface area contributed by atoms with Crippen LogP contribution in [-0.2, 0) is 13.8 Å². The molecule has 0 aliphatic rings. The van der Waals surface area contributed by atoms with Crippen LogP contribution in [0.25, 0.3) is 0 Å². The summed E-state index contributed by atoms with van der Waals surface area (Å²) in [7, 11) is 2.68. The molecule has 0 radical (unpaired) electrons. The van der Waals surface area contributed by atoms with Crippen molar-refractivity contribution in [1.82, 2.24) is 5.32 Å². The Hall–Kier alpha value is -1.18. The van der Waals surface area contributed by atoms with Crippen LogP contribution >= 0.6 is 10.7 Å². The molecule has 1 aromatic carbocycles. The van der Waals surface area contributed by atoms with Crippen LogP contribution in [0.1, 0.15) is 23.7 Å². The second-order valence-electron chi connectivity index (χ2n) is 4.24. The highest BCUT2D eigenvalue weighted by molar-refractivity contribution is 8.13. The van der Waals surface area contributed by atoms with E-state index in [2.05, 4.69) is 5.32 Å². The molecule has 1 N–H and O–H groups in total. The summed E-state index contributed by atoms with van der Waals surface area (Å²) in [5, 5.41) is 2.55. The molecule has 0 fully saturated rings. The molecule has 20 heavy (non-hydrogen) atoms. The largest absolute Gasteiger partial charge is 0.385 e. The van der Waals surface area contributed by atoms with E-state index in [1.807, 2.05) is 0 Å². The highest BCUT2D eigenvalue weighted by Gasteiger charge is 2.18. The van der Waals surface area contributed by atoms with Crippen molar-refractivity contribution in [2.75, 3.05) is 13.7 Å². The normalized spacial score (nSPS) is 13.0. The van der Waals surface area contributed by atoms with Gasteiger partial charge in [0.2, 0.25) is 0 Å². The number of hydrogen-bond donors (Lipinski definition) is 1. The number of hydrogen-bond acceptors (Lipinski definition) is 4. The van der Waals surface area contributed by atoms with Crippen molar-refractivity contribution in [3.05, 3.63) is 29.6 Å². The van der Waals surface area contributed by atoms with Crippen molar-refractivity contribution in [3.8, 4) is 0 Å². The van der Waals surface area contributed by atoms with Gasteiger partial charge in [0.15, 0.2) is 0 Å². The van der Waals surface area contributed by atoms with Gasteiger partial charge >= 0.3 is 0 Å². The molecule has 1 aromatic rings. The summed E-state index contributed by atoms with van der Waals surface area (Å²) in [6.07, 6.45) is 0.553. The first-order valence-corrected chi connectivity index (χ1v) is 8.10. The fourth-order valence-electron chi connectivity index (χ4n) is 1.50. The summed E-state index contributed by atoms with van der Waals surface area (Å²) in [6.45, 7) is 2.18. The lowest BCUT2D eigenvalue weighted by atomic mass is 10.1. The monoisotopic (exact) mass is 323 g/mol. The predicted molar refractivity (Wildman–Crippen MR) is 72.9 cm³/mol. The smallest absolute Gasteiger partial charge is 0.261 e. The number of nitrogens with one attached hydrogen (secondary N) is 1. The van der Waals surface area contributed by atoms with Crippen molar-refractivity contribution in [1.29, 1.82) is 0 Å². The summed E-state index contributed by atoms with van der Waals surface area (Å²) in [4.78, 5) is 11.6. The lowest BCUT2D eigenvalue weighted by molar-refractivity contribution is 0.0925. The van der Waals surface area contributed by atoms with E-state index in [1.54, 1.807) is 6.92 Å². The fraction of sp³-hybridized carbons (Fsp3) is 0.417. The van der Waals surface area contributed by atoms with Crippen LogP contribution in [-0.4, -0.2) is 34.1 Å². The lowest BCUT2D eigenvalue weighted by Gasteiger charge is -2.14. The molecule has 0 saturated carbocycles. The molecule has 5 nitrogen and oxygen atoms in total. The Morgan fingerprint density at radius 2 is 2.15 bits per heavy atom. The average molecular weight is 324 g/mol. The SMILES string of the molecule is COCCC(C)NC(=O)c1cc(S(=O)(=O)Cl)ccc1F. The molecule has 0 saturated heterocycles. The number of ether oxygens (including phenoxy) is 1. The van der Waals surface area contributed by atoms with Gasteiger partial charge in [0, 0.05) is 30.4 Å². The molecule has 0 spiro atoms. The van der Waals surface area contributed by atoms with E-state index < -0.39 is 20.8 Å². The van der Waals surface area contributed by atoms with Gasteiger partial charge in [-0.1, -0.05) is 0 Å². The molecular weight excluding hydrogens is 309 g/mol. The van der Waals surface area contributed by atoms with Gasteiger partial charge in [0.25, 0.3) is 15.0 Å². The molecule has 112 valence electrons. The van der Waals surface area contributed by atoms with E-state index in [-0.39, 0.29) is 16.5 Å². The Morgan fingerprint density at radius 1 is 1.50 bits per heavy atom. The lowest BCUT2D eigenvalue weighted by Crippen LogP contribution is -2.34. The molecular formula is C12H15ClFNO4S. The summed E-state index contributed by atoms with van der Waals surface area (Å²) in [6, 6.07) is 2.57. The van der Waals surface area contributed by atoms with Gasteiger partial charge in [0.05, 0.1) is 10.5 Å². The van der Waals surface area contributed by atoms with E-state index in [4.69, 9.17) is 15.4 Å². The number of carbonyl (C=O) groups excluding carboxylic acids is 1. The molecule has 0 heterocycles. The van der Waals surface area contributed by atoms with Crippen molar-refractivity contribution in [3.63, 3.8) is 0 Å². The van der Waals surface area contributed by atoms with E-state index in [9.17, 15) is 17.6 Å². The maximum Gasteiger partial charge on any atom is 0.261 e. The molecule has 0 aliphatic carbocycles. The molecule has 0 bridgehead atoms. The maximum absolute atomic E-state index is 13.6. The zero-order valence-corrected chi connectivity index (χ0v) is 12.6. The number of amides is 1. The standard InChI is InChI=1S/C12H15ClFNO4S/c1-8(5-6-19-2)15-12(16)10-7-9(20(13,17)18)3-4-11(10)14/h3-4,7-8H,5-6H2,1-2H3,(H,15,16). The summed E-state index contributed by atoms with van der Waals surface area (Å²) >= 11 is 0. The Bertz CT molecular complexity index is 591. The van der Waals surface area contributed by atoms with Crippen molar-refractivity contribution in [2.45, 2.75) is 24.3 Å². The van der Waals surface area contributed by atoms with E-state index >= 15 is 0 Å². The quantitative estimate of drug-likeness (QED) is 0.812. The molecule has 1 atom stereocenters. The zero-order valence-electron chi connectivity index (χ0n) is 11.0. The van der Waals surface area contributed by atoms with Crippen LogP contribution < -0.4 is 5.32 Å². The number of benzene rings is 1. The van der Waals surface area contributed by atoms with E-state index in [1.165, 1.54) is 7.11 Å². The Morgan fingerprint density at radius 3 is 2.70 bits per heavy atom. The van der Waals surface area contributed by atoms with E-state index in [0.29, 0.717) is 13.0 Å². The first-order chi connectivity index (χ1) is 9.25. The highest BCUT2D eigenvalue weighted by atomic mass is 35.7. The summed E-state index contributed by atoms with van der Waals surface area (Å²) in [5.41, 5.74) is -0.365. The topological polar surface area (TPSA) is 72.5 Å². The van der Waals surface area contributed by atoms with Crippen LogP contribution in [0.3, 0.4) is 0 Å². The molecule has 0 aliphatic heterocycles. The third kappa shape index (κ3) is 4.73. The van der Waals surface area contributed by atoms with Crippen molar-refractivity contribution < 1.29 is 22.3 Å². The zero-order chi connectivity index (χ0) is 15.3. The van der Waals surface area contributed by atoms with Crippen LogP contribution in [0.5, 0.6) is 0 Å². The molecule has 1 rings (SSSR count). The van der Waals surface area contributed by atoms with Gasteiger partial charge in [-0.25, -0.2) is 12.8 Å². The molecule has 0 aromatic heterocycles. The van der Waals surface area contributed by atoms with Gasteiger partial charge in [-0.15, -0.1) is 0 Å². The van der Waals surface area contributed by atoms with Gasteiger partial charge in [0.1, 0.15) is 5.82 Å². The molecule has 1 unspecified atom stereocenters. The number of halogens is 2. The second kappa shape index (κ2) is 7.01. The van der Waals surface area contributed by atoms with Gasteiger partial charge in [-0.2, -0.15) is 0 Å². The van der Waals surface area contributed by atoms with E-state index in [0.717, 1.165) is 18.2 Å². The third-order valence-corrected chi connectivity index (χ3v) is 3.95. The maximum atomic E-state index is 13.6. The van der Waals surface area contributed by atoms with Crippen LogP contribution in [0.4, 0.5) is 4.39 Å². The van der Waals surface area contributed by atoms with Crippen LogP contribution in [0.15, 0.2) is 23.1 Å².